The standard InChI is InChI=1S/C20H13FN2OS/c21-16-8-6-14(7-9-16)19-18(15-10-11-25-13-15)12-22-23(20(19)24)17-4-2-1-3-5-17/h1-13H. The summed E-state index contributed by atoms with van der Waals surface area (Å²) in [5.74, 6) is -0.335. The van der Waals surface area contributed by atoms with E-state index in [0.29, 0.717) is 16.8 Å². The van der Waals surface area contributed by atoms with E-state index in [9.17, 15) is 9.18 Å². The van der Waals surface area contributed by atoms with Crippen molar-refractivity contribution in [2.75, 3.05) is 0 Å². The smallest absolute Gasteiger partial charge is 0.267 e. The zero-order valence-corrected chi connectivity index (χ0v) is 13.9. The topological polar surface area (TPSA) is 34.9 Å². The fourth-order valence-corrected chi connectivity index (χ4v) is 3.39. The number of hydrogen-bond acceptors (Lipinski definition) is 3. The van der Waals surface area contributed by atoms with Crippen LogP contribution in [-0.4, -0.2) is 9.78 Å². The van der Waals surface area contributed by atoms with Crippen LogP contribution < -0.4 is 5.56 Å². The minimum atomic E-state index is -0.335. The van der Waals surface area contributed by atoms with Gasteiger partial charge in [0, 0.05) is 5.56 Å². The fraction of sp³-hybridized carbons (Fsp3) is 0. The molecule has 2 aromatic carbocycles. The molecule has 0 aliphatic heterocycles. The molecule has 0 N–H and O–H groups in total. The lowest BCUT2D eigenvalue weighted by Crippen LogP contribution is -2.23. The molecular formula is C20H13FN2OS. The van der Waals surface area contributed by atoms with E-state index in [2.05, 4.69) is 5.10 Å². The first-order valence-corrected chi connectivity index (χ1v) is 8.64. The fourth-order valence-electron chi connectivity index (χ4n) is 2.74. The summed E-state index contributed by atoms with van der Waals surface area (Å²) >= 11 is 1.55. The first kappa shape index (κ1) is 15.5. The van der Waals surface area contributed by atoms with Crippen molar-refractivity contribution in [2.24, 2.45) is 0 Å². The van der Waals surface area contributed by atoms with Gasteiger partial charge in [0.1, 0.15) is 5.82 Å². The van der Waals surface area contributed by atoms with Gasteiger partial charge in [0.2, 0.25) is 0 Å². The van der Waals surface area contributed by atoms with E-state index in [1.807, 2.05) is 47.2 Å². The first-order valence-electron chi connectivity index (χ1n) is 7.70. The Bertz CT molecular complexity index is 1060. The van der Waals surface area contributed by atoms with Gasteiger partial charge in [-0.1, -0.05) is 30.3 Å². The van der Waals surface area contributed by atoms with Gasteiger partial charge in [0.25, 0.3) is 5.56 Å². The van der Waals surface area contributed by atoms with Crippen LogP contribution in [0.1, 0.15) is 0 Å². The molecule has 0 aliphatic rings. The van der Waals surface area contributed by atoms with Gasteiger partial charge in [-0.15, -0.1) is 0 Å². The third-order valence-corrected chi connectivity index (χ3v) is 4.63. The normalized spacial score (nSPS) is 10.8. The SMILES string of the molecule is O=c1c(-c2ccc(F)cc2)c(-c2ccsc2)cnn1-c1ccccc1. The summed E-state index contributed by atoms with van der Waals surface area (Å²) in [6, 6.07) is 17.2. The molecule has 0 radical (unpaired) electrons. The lowest BCUT2D eigenvalue weighted by Gasteiger charge is -2.12. The van der Waals surface area contributed by atoms with Crippen LogP contribution in [0.15, 0.2) is 82.4 Å². The summed E-state index contributed by atoms with van der Waals surface area (Å²) in [7, 11) is 0. The van der Waals surface area contributed by atoms with Crippen LogP contribution >= 0.6 is 11.3 Å². The van der Waals surface area contributed by atoms with Gasteiger partial charge in [-0.05, 0) is 52.2 Å². The minimum absolute atomic E-state index is 0.235. The average Bonchev–Trinajstić information content (AvgIpc) is 3.18. The second-order valence-corrected chi connectivity index (χ2v) is 6.28. The van der Waals surface area contributed by atoms with Crippen LogP contribution in [0.5, 0.6) is 0 Å². The summed E-state index contributed by atoms with van der Waals surface area (Å²) in [6.45, 7) is 0. The first-order chi connectivity index (χ1) is 12.2. The van der Waals surface area contributed by atoms with Crippen molar-refractivity contribution < 1.29 is 4.39 Å². The molecule has 2 heterocycles. The molecule has 0 aliphatic carbocycles. The molecule has 5 heteroatoms. The van der Waals surface area contributed by atoms with E-state index in [1.54, 1.807) is 29.7 Å². The van der Waals surface area contributed by atoms with Gasteiger partial charge >= 0.3 is 0 Å². The molecule has 2 aromatic heterocycles. The number of halogens is 1. The van der Waals surface area contributed by atoms with E-state index >= 15 is 0 Å². The Morgan fingerprint density at radius 3 is 2.36 bits per heavy atom. The summed E-state index contributed by atoms with van der Waals surface area (Å²) < 4.78 is 14.7. The van der Waals surface area contributed by atoms with Gasteiger partial charge in [0.05, 0.1) is 17.4 Å². The highest BCUT2D eigenvalue weighted by molar-refractivity contribution is 7.08. The Morgan fingerprint density at radius 1 is 0.920 bits per heavy atom. The number of para-hydroxylation sites is 1. The van der Waals surface area contributed by atoms with Gasteiger partial charge in [0.15, 0.2) is 0 Å². The maximum atomic E-state index is 13.3. The minimum Gasteiger partial charge on any atom is -0.267 e. The van der Waals surface area contributed by atoms with Crippen LogP contribution in [0.3, 0.4) is 0 Å². The third-order valence-electron chi connectivity index (χ3n) is 3.94. The molecule has 0 unspecified atom stereocenters. The molecule has 25 heavy (non-hydrogen) atoms. The van der Waals surface area contributed by atoms with Crippen LogP contribution in [0, 0.1) is 5.82 Å². The summed E-state index contributed by atoms with van der Waals surface area (Å²) in [6.07, 6.45) is 1.69. The van der Waals surface area contributed by atoms with Gasteiger partial charge in [-0.25, -0.2) is 4.39 Å². The van der Waals surface area contributed by atoms with Crippen molar-refractivity contribution >= 4 is 11.3 Å². The highest BCUT2D eigenvalue weighted by Crippen LogP contribution is 2.30. The quantitative estimate of drug-likeness (QED) is 0.535. The number of benzene rings is 2. The van der Waals surface area contributed by atoms with Crippen LogP contribution in [0.25, 0.3) is 27.9 Å². The molecule has 0 saturated carbocycles. The molecule has 0 fully saturated rings. The molecule has 3 nitrogen and oxygen atoms in total. The van der Waals surface area contributed by atoms with Gasteiger partial charge in [-0.2, -0.15) is 21.1 Å². The number of nitrogens with zero attached hydrogens (tertiary/aromatic N) is 2. The summed E-state index contributed by atoms with van der Waals surface area (Å²) in [5, 5.41) is 8.26. The highest BCUT2D eigenvalue weighted by atomic mass is 32.1. The molecule has 0 spiro atoms. The second kappa shape index (κ2) is 6.45. The lowest BCUT2D eigenvalue weighted by atomic mass is 9.99. The summed E-state index contributed by atoms with van der Waals surface area (Å²) in [4.78, 5) is 13.2. The predicted molar refractivity (Wildman–Crippen MR) is 98.5 cm³/mol. The summed E-state index contributed by atoms with van der Waals surface area (Å²) in [5.41, 5.74) is 3.30. The second-order valence-electron chi connectivity index (χ2n) is 5.50. The number of rotatable bonds is 3. The highest BCUT2D eigenvalue weighted by Gasteiger charge is 2.16. The van der Waals surface area contributed by atoms with E-state index in [-0.39, 0.29) is 11.4 Å². The van der Waals surface area contributed by atoms with Crippen LogP contribution in [0.2, 0.25) is 0 Å². The Labute approximate surface area is 147 Å². The molecular weight excluding hydrogens is 335 g/mol. The maximum Gasteiger partial charge on any atom is 0.279 e. The molecule has 122 valence electrons. The predicted octanol–water partition coefficient (Wildman–Crippen LogP) is 4.77. The Hall–Kier alpha value is -3.05. The van der Waals surface area contributed by atoms with Gasteiger partial charge in [-0.3, -0.25) is 4.79 Å². The van der Waals surface area contributed by atoms with E-state index in [1.165, 1.54) is 16.8 Å². The van der Waals surface area contributed by atoms with E-state index in [4.69, 9.17) is 0 Å². The van der Waals surface area contributed by atoms with Crippen molar-refractivity contribution in [3.63, 3.8) is 0 Å². The van der Waals surface area contributed by atoms with Crippen LogP contribution in [0.4, 0.5) is 4.39 Å². The van der Waals surface area contributed by atoms with Crippen molar-refractivity contribution in [1.82, 2.24) is 9.78 Å². The largest absolute Gasteiger partial charge is 0.279 e. The Balaban J connectivity index is 2.00. The Kier molecular flexibility index (Phi) is 3.99. The average molecular weight is 348 g/mol. The van der Waals surface area contributed by atoms with Crippen molar-refractivity contribution in [2.45, 2.75) is 0 Å². The molecule has 0 bridgehead atoms. The Morgan fingerprint density at radius 2 is 1.68 bits per heavy atom. The molecule has 4 rings (SSSR count). The number of aromatic nitrogens is 2. The van der Waals surface area contributed by atoms with E-state index < -0.39 is 0 Å². The third kappa shape index (κ3) is 2.90. The molecule has 0 saturated heterocycles. The maximum absolute atomic E-state index is 13.3. The zero-order chi connectivity index (χ0) is 17.2. The van der Waals surface area contributed by atoms with Gasteiger partial charge < -0.3 is 0 Å². The zero-order valence-electron chi connectivity index (χ0n) is 13.1. The van der Waals surface area contributed by atoms with Crippen molar-refractivity contribution in [1.29, 1.82) is 0 Å². The van der Waals surface area contributed by atoms with Crippen molar-refractivity contribution in [3.8, 4) is 27.9 Å². The van der Waals surface area contributed by atoms with E-state index in [0.717, 1.165) is 11.1 Å². The van der Waals surface area contributed by atoms with Crippen molar-refractivity contribution in [3.05, 3.63) is 93.8 Å². The number of thiophene rings is 1. The monoisotopic (exact) mass is 348 g/mol. The molecule has 0 amide bonds. The molecule has 0 atom stereocenters. The molecule has 4 aromatic rings. The van der Waals surface area contributed by atoms with Crippen LogP contribution in [-0.2, 0) is 0 Å². The number of hydrogen-bond donors (Lipinski definition) is 0. The lowest BCUT2D eigenvalue weighted by molar-refractivity contribution is 0.628.